The van der Waals surface area contributed by atoms with E-state index in [1.54, 1.807) is 31.2 Å². The van der Waals surface area contributed by atoms with Crippen molar-refractivity contribution >= 4 is 5.97 Å². The van der Waals surface area contributed by atoms with Crippen LogP contribution in [0.3, 0.4) is 0 Å². The van der Waals surface area contributed by atoms with E-state index in [2.05, 4.69) is 4.74 Å². The Morgan fingerprint density at radius 3 is 2.41 bits per heavy atom. The molecule has 0 bridgehead atoms. The van der Waals surface area contributed by atoms with Gasteiger partial charge in [-0.15, -0.1) is 0 Å². The summed E-state index contributed by atoms with van der Waals surface area (Å²) < 4.78 is 9.89. The van der Waals surface area contributed by atoms with Crippen LogP contribution in [0, 0.1) is 5.92 Å². The van der Waals surface area contributed by atoms with E-state index >= 15 is 0 Å². The fraction of sp³-hybridized carbons (Fsp3) is 0.462. The number of hydrogen-bond acceptors (Lipinski definition) is 4. The van der Waals surface area contributed by atoms with Gasteiger partial charge in [0.15, 0.2) is 0 Å². The first kappa shape index (κ1) is 13.5. The number of aliphatic hydroxyl groups excluding tert-OH is 1. The lowest BCUT2D eigenvalue weighted by atomic mass is 9.97. The zero-order valence-electron chi connectivity index (χ0n) is 10.3. The first-order chi connectivity index (χ1) is 8.10. The summed E-state index contributed by atoms with van der Waals surface area (Å²) in [5.41, 5.74) is 0.673. The zero-order valence-corrected chi connectivity index (χ0v) is 10.3. The van der Waals surface area contributed by atoms with Crippen molar-refractivity contribution in [3.8, 4) is 5.75 Å². The molecule has 0 saturated heterocycles. The van der Waals surface area contributed by atoms with Gasteiger partial charge in [0.2, 0.25) is 0 Å². The van der Waals surface area contributed by atoms with Gasteiger partial charge in [-0.25, -0.2) is 0 Å². The molecular formula is C13H18O4. The molecule has 0 aliphatic carbocycles. The van der Waals surface area contributed by atoms with Crippen LogP contribution in [-0.2, 0) is 9.53 Å². The molecule has 1 rings (SSSR count). The monoisotopic (exact) mass is 238 g/mol. The van der Waals surface area contributed by atoms with E-state index in [9.17, 15) is 9.90 Å². The second-order valence-electron chi connectivity index (χ2n) is 3.76. The maximum absolute atomic E-state index is 11.3. The van der Waals surface area contributed by atoms with Crippen molar-refractivity contribution in [2.75, 3.05) is 13.7 Å². The second-order valence-corrected chi connectivity index (χ2v) is 3.76. The Morgan fingerprint density at radius 2 is 1.94 bits per heavy atom. The van der Waals surface area contributed by atoms with E-state index in [0.29, 0.717) is 12.2 Å². The Morgan fingerprint density at radius 1 is 1.35 bits per heavy atom. The first-order valence-electron chi connectivity index (χ1n) is 5.58. The van der Waals surface area contributed by atoms with Gasteiger partial charge in [-0.2, -0.15) is 0 Å². The van der Waals surface area contributed by atoms with E-state index < -0.39 is 18.0 Å². The van der Waals surface area contributed by atoms with Crippen molar-refractivity contribution in [2.24, 2.45) is 5.92 Å². The molecule has 4 heteroatoms. The molecule has 2 atom stereocenters. The van der Waals surface area contributed by atoms with Gasteiger partial charge in [0, 0.05) is 0 Å². The summed E-state index contributed by atoms with van der Waals surface area (Å²) in [5, 5.41) is 9.97. The molecule has 0 aromatic heterocycles. The Hall–Kier alpha value is -1.55. The molecule has 1 aromatic rings. The predicted octanol–water partition coefficient (Wildman–Crippen LogP) is 1.93. The molecule has 0 radical (unpaired) electrons. The van der Waals surface area contributed by atoms with E-state index in [1.807, 2.05) is 6.92 Å². The van der Waals surface area contributed by atoms with Gasteiger partial charge in [0.25, 0.3) is 0 Å². The van der Waals surface area contributed by atoms with Crippen LogP contribution in [0.2, 0.25) is 0 Å². The minimum Gasteiger partial charge on any atom is -0.494 e. The quantitative estimate of drug-likeness (QED) is 0.796. The van der Waals surface area contributed by atoms with Crippen LogP contribution in [0.15, 0.2) is 24.3 Å². The highest BCUT2D eigenvalue weighted by molar-refractivity contribution is 5.72. The lowest BCUT2D eigenvalue weighted by Gasteiger charge is -2.17. The molecule has 4 nitrogen and oxygen atoms in total. The molecule has 0 amide bonds. The number of rotatable bonds is 5. The van der Waals surface area contributed by atoms with Gasteiger partial charge in [-0.05, 0) is 31.5 Å². The fourth-order valence-corrected chi connectivity index (χ4v) is 1.53. The first-order valence-corrected chi connectivity index (χ1v) is 5.58. The largest absolute Gasteiger partial charge is 0.494 e. The fourth-order valence-electron chi connectivity index (χ4n) is 1.53. The van der Waals surface area contributed by atoms with Crippen molar-refractivity contribution in [3.05, 3.63) is 29.8 Å². The molecule has 0 aliphatic heterocycles. The Balaban J connectivity index is 2.75. The average molecular weight is 238 g/mol. The van der Waals surface area contributed by atoms with Crippen molar-refractivity contribution in [3.63, 3.8) is 0 Å². The molecule has 0 saturated carbocycles. The molecule has 0 heterocycles. The summed E-state index contributed by atoms with van der Waals surface area (Å²) in [5.74, 6) is -0.265. The van der Waals surface area contributed by atoms with Crippen LogP contribution >= 0.6 is 0 Å². The Bertz CT molecular complexity index is 358. The number of hydrogen-bond donors (Lipinski definition) is 1. The molecule has 0 spiro atoms. The van der Waals surface area contributed by atoms with Crippen molar-refractivity contribution in [1.82, 2.24) is 0 Å². The summed E-state index contributed by atoms with van der Waals surface area (Å²) in [6.45, 7) is 4.13. The third-order valence-corrected chi connectivity index (χ3v) is 2.58. The average Bonchev–Trinajstić information content (AvgIpc) is 2.37. The van der Waals surface area contributed by atoms with E-state index in [1.165, 1.54) is 7.11 Å². The van der Waals surface area contributed by atoms with Crippen LogP contribution in [0.25, 0.3) is 0 Å². The van der Waals surface area contributed by atoms with Gasteiger partial charge in [0.1, 0.15) is 5.75 Å². The maximum Gasteiger partial charge on any atom is 0.311 e. The third kappa shape index (κ3) is 3.46. The maximum atomic E-state index is 11.3. The zero-order chi connectivity index (χ0) is 12.8. The molecular weight excluding hydrogens is 220 g/mol. The number of benzene rings is 1. The molecule has 0 fully saturated rings. The highest BCUT2D eigenvalue weighted by atomic mass is 16.5. The van der Waals surface area contributed by atoms with E-state index in [0.717, 1.165) is 5.75 Å². The summed E-state index contributed by atoms with van der Waals surface area (Å²) in [4.78, 5) is 11.3. The minimum absolute atomic E-state index is 0.425. The number of esters is 1. The van der Waals surface area contributed by atoms with Gasteiger partial charge < -0.3 is 14.6 Å². The summed E-state index contributed by atoms with van der Waals surface area (Å²) in [7, 11) is 1.31. The predicted molar refractivity (Wildman–Crippen MR) is 63.8 cm³/mol. The van der Waals surface area contributed by atoms with Crippen LogP contribution in [0.5, 0.6) is 5.75 Å². The topological polar surface area (TPSA) is 55.8 Å². The van der Waals surface area contributed by atoms with Crippen molar-refractivity contribution in [2.45, 2.75) is 20.0 Å². The van der Waals surface area contributed by atoms with Crippen molar-refractivity contribution in [1.29, 1.82) is 0 Å². The molecule has 1 N–H and O–H groups in total. The summed E-state index contributed by atoms with van der Waals surface area (Å²) >= 11 is 0. The Labute approximate surface area is 101 Å². The van der Waals surface area contributed by atoms with Gasteiger partial charge in [-0.1, -0.05) is 12.1 Å². The van der Waals surface area contributed by atoms with Crippen LogP contribution in [0.4, 0.5) is 0 Å². The van der Waals surface area contributed by atoms with E-state index in [-0.39, 0.29) is 0 Å². The highest BCUT2D eigenvalue weighted by Crippen LogP contribution is 2.24. The normalized spacial score (nSPS) is 13.9. The number of ether oxygens (including phenoxy) is 2. The summed E-state index contributed by atoms with van der Waals surface area (Å²) in [6, 6.07) is 7.03. The number of carbonyl (C=O) groups excluding carboxylic acids is 1. The lowest BCUT2D eigenvalue weighted by Crippen LogP contribution is -2.20. The molecule has 2 unspecified atom stereocenters. The van der Waals surface area contributed by atoms with Gasteiger partial charge in [0.05, 0.1) is 25.7 Å². The van der Waals surface area contributed by atoms with Crippen LogP contribution < -0.4 is 4.74 Å². The standard InChI is InChI=1S/C13H18O4/c1-4-17-11-7-5-10(6-8-11)12(14)9(2)13(15)16-3/h5-9,12,14H,4H2,1-3H3. The smallest absolute Gasteiger partial charge is 0.311 e. The minimum atomic E-state index is -0.863. The number of carbonyl (C=O) groups is 1. The lowest BCUT2D eigenvalue weighted by molar-refractivity contribution is -0.148. The highest BCUT2D eigenvalue weighted by Gasteiger charge is 2.23. The number of aliphatic hydroxyl groups is 1. The van der Waals surface area contributed by atoms with E-state index in [4.69, 9.17) is 4.74 Å². The molecule has 94 valence electrons. The summed E-state index contributed by atoms with van der Waals surface area (Å²) in [6.07, 6.45) is -0.863. The Kier molecular flexibility index (Phi) is 4.97. The molecule has 17 heavy (non-hydrogen) atoms. The number of methoxy groups -OCH3 is 1. The van der Waals surface area contributed by atoms with Crippen LogP contribution in [-0.4, -0.2) is 24.8 Å². The van der Waals surface area contributed by atoms with Crippen molar-refractivity contribution < 1.29 is 19.4 Å². The SMILES string of the molecule is CCOc1ccc(C(O)C(C)C(=O)OC)cc1. The third-order valence-electron chi connectivity index (χ3n) is 2.58. The van der Waals surface area contributed by atoms with Gasteiger partial charge in [-0.3, -0.25) is 4.79 Å². The van der Waals surface area contributed by atoms with Crippen LogP contribution in [0.1, 0.15) is 25.5 Å². The van der Waals surface area contributed by atoms with Gasteiger partial charge >= 0.3 is 5.97 Å². The second kappa shape index (κ2) is 6.25. The molecule has 0 aliphatic rings. The molecule has 1 aromatic carbocycles.